The minimum Gasteiger partial charge on any atom is -0.352 e. The van der Waals surface area contributed by atoms with Crippen LogP contribution in [0.3, 0.4) is 0 Å². The fraction of sp³-hybridized carbons (Fsp3) is 0.344. The van der Waals surface area contributed by atoms with Crippen LogP contribution in [0.15, 0.2) is 71.9 Å². The molecule has 0 atom stereocenters. The first kappa shape index (κ1) is 29.4. The summed E-state index contributed by atoms with van der Waals surface area (Å²) >= 11 is 5.97. The lowest BCUT2D eigenvalue weighted by Crippen LogP contribution is -2.56. The number of aromatic nitrogens is 3. The van der Waals surface area contributed by atoms with Crippen molar-refractivity contribution in [3.8, 4) is 0 Å². The van der Waals surface area contributed by atoms with Gasteiger partial charge in [-0.05, 0) is 65.9 Å². The SMILES string of the molecule is CN(Cc1cccnc1)Cc1cnc2c(c1)cc(C(=O)NCCc1ccc(Cl)cc1)c(=O)n2CC(=O)N1CC(C)(C)C1. The van der Waals surface area contributed by atoms with Crippen molar-refractivity contribution in [2.45, 2.75) is 39.9 Å². The van der Waals surface area contributed by atoms with E-state index in [0.717, 1.165) is 16.7 Å². The Morgan fingerprint density at radius 2 is 1.76 bits per heavy atom. The van der Waals surface area contributed by atoms with Crippen molar-refractivity contribution in [2.24, 2.45) is 5.41 Å². The first-order valence-electron chi connectivity index (χ1n) is 14.0. The number of benzene rings is 1. The van der Waals surface area contributed by atoms with E-state index in [4.69, 9.17) is 11.6 Å². The number of carbonyl (C=O) groups is 2. The first-order chi connectivity index (χ1) is 20.1. The number of pyridine rings is 3. The number of rotatable bonds is 10. The Labute approximate surface area is 250 Å². The highest BCUT2D eigenvalue weighted by atomic mass is 35.5. The number of nitrogens with one attached hydrogen (secondary N) is 1. The lowest BCUT2D eigenvalue weighted by molar-refractivity contribution is -0.142. The summed E-state index contributed by atoms with van der Waals surface area (Å²) in [5.41, 5.74) is 2.92. The molecule has 0 aliphatic carbocycles. The number of nitrogens with zero attached hydrogens (tertiary/aromatic N) is 5. The van der Waals surface area contributed by atoms with Gasteiger partial charge < -0.3 is 10.2 Å². The summed E-state index contributed by atoms with van der Waals surface area (Å²) in [6.07, 6.45) is 5.89. The van der Waals surface area contributed by atoms with Crippen LogP contribution in [0, 0.1) is 5.41 Å². The van der Waals surface area contributed by atoms with Gasteiger partial charge in [-0.3, -0.25) is 28.8 Å². The minimum absolute atomic E-state index is 0.0157. The average molecular weight is 587 g/mol. The van der Waals surface area contributed by atoms with E-state index in [1.807, 2.05) is 43.6 Å². The summed E-state index contributed by atoms with van der Waals surface area (Å²) < 4.78 is 1.33. The molecular formula is C32H35ClN6O3. The number of halogens is 1. The van der Waals surface area contributed by atoms with Crippen molar-refractivity contribution >= 4 is 34.4 Å². The maximum atomic E-state index is 13.6. The molecule has 4 heterocycles. The molecule has 2 amide bonds. The van der Waals surface area contributed by atoms with E-state index in [2.05, 4.69) is 34.0 Å². The normalized spacial score (nSPS) is 14.2. The molecule has 1 N–H and O–H groups in total. The third-order valence-electron chi connectivity index (χ3n) is 7.35. The average Bonchev–Trinajstić information content (AvgIpc) is 2.94. The van der Waals surface area contributed by atoms with Gasteiger partial charge >= 0.3 is 0 Å². The molecule has 1 aromatic carbocycles. The van der Waals surface area contributed by atoms with Crippen LogP contribution in [-0.2, 0) is 30.8 Å². The number of hydrogen-bond acceptors (Lipinski definition) is 6. The van der Waals surface area contributed by atoms with Gasteiger partial charge in [-0.2, -0.15) is 0 Å². The molecule has 1 saturated heterocycles. The van der Waals surface area contributed by atoms with Gasteiger partial charge in [0.2, 0.25) is 5.91 Å². The zero-order chi connectivity index (χ0) is 29.9. The molecular weight excluding hydrogens is 552 g/mol. The van der Waals surface area contributed by atoms with Crippen LogP contribution in [0.2, 0.25) is 5.02 Å². The first-order valence-corrected chi connectivity index (χ1v) is 14.4. The fourth-order valence-electron chi connectivity index (χ4n) is 5.34. The van der Waals surface area contributed by atoms with Crippen molar-refractivity contribution in [3.63, 3.8) is 0 Å². The van der Waals surface area contributed by atoms with Crippen LogP contribution in [0.5, 0.6) is 0 Å². The molecule has 0 saturated carbocycles. The van der Waals surface area contributed by atoms with Crippen LogP contribution in [0.25, 0.3) is 11.0 Å². The predicted octanol–water partition coefficient (Wildman–Crippen LogP) is 3.92. The van der Waals surface area contributed by atoms with Gasteiger partial charge in [-0.25, -0.2) is 4.98 Å². The lowest BCUT2D eigenvalue weighted by Gasteiger charge is -2.45. The summed E-state index contributed by atoms with van der Waals surface area (Å²) in [6.45, 7) is 6.93. The van der Waals surface area contributed by atoms with Crippen molar-refractivity contribution in [2.75, 3.05) is 26.7 Å². The molecule has 4 aromatic rings. The second kappa shape index (κ2) is 12.4. The van der Waals surface area contributed by atoms with E-state index in [0.29, 0.717) is 55.2 Å². The highest BCUT2D eigenvalue weighted by molar-refractivity contribution is 6.30. The third-order valence-corrected chi connectivity index (χ3v) is 7.60. The molecule has 0 bridgehead atoms. The van der Waals surface area contributed by atoms with Crippen molar-refractivity contribution in [1.29, 1.82) is 0 Å². The molecule has 1 aliphatic rings. The van der Waals surface area contributed by atoms with Crippen LogP contribution < -0.4 is 10.9 Å². The second-order valence-corrected chi connectivity index (χ2v) is 12.2. The smallest absolute Gasteiger partial charge is 0.265 e. The topological polar surface area (TPSA) is 100 Å². The largest absolute Gasteiger partial charge is 0.352 e. The minimum atomic E-state index is -0.534. The van der Waals surface area contributed by atoms with Gasteiger partial charge in [0, 0.05) is 61.7 Å². The molecule has 3 aromatic heterocycles. The van der Waals surface area contributed by atoms with Crippen molar-refractivity contribution in [3.05, 3.63) is 105 Å². The fourth-order valence-corrected chi connectivity index (χ4v) is 5.47. The van der Waals surface area contributed by atoms with Gasteiger partial charge in [0.25, 0.3) is 11.5 Å². The molecule has 10 heteroatoms. The standard InChI is InChI=1S/C32H35ClN6O3/c1-32(2)20-38(21-32)28(40)19-39-29-25(13-24(16-36-29)18-37(3)17-23-5-4-11-34-15-23)14-27(31(39)42)30(41)35-12-10-22-6-8-26(33)9-7-22/h4-9,11,13-16H,10,12,17-21H2,1-3H3,(H,35,41). The van der Waals surface area contributed by atoms with Crippen LogP contribution in [0.1, 0.15) is 40.9 Å². The zero-order valence-electron chi connectivity index (χ0n) is 24.1. The highest BCUT2D eigenvalue weighted by Gasteiger charge is 2.37. The number of fused-ring (bicyclic) bond motifs is 1. The number of amides is 2. The Morgan fingerprint density at radius 3 is 2.45 bits per heavy atom. The Kier molecular flexibility index (Phi) is 8.70. The maximum absolute atomic E-state index is 13.6. The molecule has 9 nitrogen and oxygen atoms in total. The molecule has 42 heavy (non-hydrogen) atoms. The summed E-state index contributed by atoms with van der Waals surface area (Å²) in [4.78, 5) is 52.7. The number of hydrogen-bond donors (Lipinski definition) is 1. The predicted molar refractivity (Wildman–Crippen MR) is 163 cm³/mol. The van der Waals surface area contributed by atoms with E-state index in [1.165, 1.54) is 4.57 Å². The van der Waals surface area contributed by atoms with Gasteiger partial charge in [0.15, 0.2) is 0 Å². The lowest BCUT2D eigenvalue weighted by atomic mass is 9.84. The van der Waals surface area contributed by atoms with E-state index >= 15 is 0 Å². The Hall–Kier alpha value is -4.08. The Balaban J connectivity index is 1.40. The summed E-state index contributed by atoms with van der Waals surface area (Å²) in [6, 6.07) is 14.8. The Morgan fingerprint density at radius 1 is 1.02 bits per heavy atom. The number of likely N-dealkylation sites (tertiary alicyclic amines) is 1. The van der Waals surface area contributed by atoms with Gasteiger partial charge in [0.1, 0.15) is 17.8 Å². The van der Waals surface area contributed by atoms with E-state index in [1.54, 1.807) is 35.5 Å². The highest BCUT2D eigenvalue weighted by Crippen LogP contribution is 2.29. The van der Waals surface area contributed by atoms with Crippen molar-refractivity contribution < 1.29 is 9.59 Å². The molecule has 0 unspecified atom stereocenters. The second-order valence-electron chi connectivity index (χ2n) is 11.8. The monoisotopic (exact) mass is 586 g/mol. The third kappa shape index (κ3) is 7.03. The molecule has 1 fully saturated rings. The summed E-state index contributed by atoms with van der Waals surface area (Å²) in [7, 11) is 2.00. The molecule has 1 aliphatic heterocycles. The molecule has 218 valence electrons. The van der Waals surface area contributed by atoms with E-state index in [-0.39, 0.29) is 23.4 Å². The van der Waals surface area contributed by atoms with E-state index in [9.17, 15) is 14.4 Å². The van der Waals surface area contributed by atoms with Crippen LogP contribution in [0.4, 0.5) is 0 Å². The molecule has 5 rings (SSSR count). The van der Waals surface area contributed by atoms with Gasteiger partial charge in [-0.15, -0.1) is 0 Å². The molecule has 0 spiro atoms. The Bertz CT molecular complexity index is 1650. The van der Waals surface area contributed by atoms with Crippen molar-refractivity contribution in [1.82, 2.24) is 29.7 Å². The zero-order valence-corrected chi connectivity index (χ0v) is 24.9. The van der Waals surface area contributed by atoms with Crippen LogP contribution in [-0.4, -0.2) is 62.8 Å². The van der Waals surface area contributed by atoms with Gasteiger partial charge in [0.05, 0.1) is 0 Å². The molecule has 0 radical (unpaired) electrons. The van der Waals surface area contributed by atoms with Crippen LogP contribution >= 0.6 is 11.6 Å². The quantitative estimate of drug-likeness (QED) is 0.302. The van der Waals surface area contributed by atoms with Gasteiger partial charge in [-0.1, -0.05) is 43.6 Å². The van der Waals surface area contributed by atoms with E-state index < -0.39 is 11.5 Å². The summed E-state index contributed by atoms with van der Waals surface area (Å²) in [5, 5.41) is 4.13. The number of carbonyl (C=O) groups excluding carboxylic acids is 2. The summed E-state index contributed by atoms with van der Waals surface area (Å²) in [5.74, 6) is -0.652. The maximum Gasteiger partial charge on any atom is 0.265 e.